The average Bonchev–Trinajstić information content (AvgIpc) is 2.76. The van der Waals surface area contributed by atoms with Gasteiger partial charge in [0.25, 0.3) is 16.0 Å². The number of amides is 3. The minimum atomic E-state index is -4.02. The molecule has 1 fully saturated rings. The molecule has 20 heavy (non-hydrogen) atoms. The molecule has 1 saturated heterocycles. The van der Waals surface area contributed by atoms with Gasteiger partial charge in [0.05, 0.1) is 12.1 Å². The van der Waals surface area contributed by atoms with E-state index in [2.05, 4.69) is 4.99 Å². The third-order valence-corrected chi connectivity index (χ3v) is 4.20. The second-order valence-corrected chi connectivity index (χ2v) is 6.36. The van der Waals surface area contributed by atoms with Gasteiger partial charge in [0, 0.05) is 20.6 Å². The van der Waals surface area contributed by atoms with Gasteiger partial charge >= 0.3 is 6.03 Å². The second kappa shape index (κ2) is 5.02. The highest BCUT2D eigenvalue weighted by atomic mass is 32.2. The summed E-state index contributed by atoms with van der Waals surface area (Å²) in [7, 11) is -1.07. The number of hydrogen-bond acceptors (Lipinski definition) is 6. The van der Waals surface area contributed by atoms with Crippen molar-refractivity contribution in [2.45, 2.75) is 18.6 Å². The summed E-state index contributed by atoms with van der Waals surface area (Å²) in [5.74, 6) is -0.754. The van der Waals surface area contributed by atoms with E-state index in [-0.39, 0.29) is 24.6 Å². The van der Waals surface area contributed by atoms with Gasteiger partial charge in [-0.1, -0.05) is 0 Å². The highest BCUT2D eigenvalue weighted by Crippen LogP contribution is 2.24. The van der Waals surface area contributed by atoms with Crippen LogP contribution in [0.3, 0.4) is 0 Å². The van der Waals surface area contributed by atoms with Gasteiger partial charge < -0.3 is 9.80 Å². The molecule has 0 aromatic carbocycles. The summed E-state index contributed by atoms with van der Waals surface area (Å²) in [6.45, 7) is 0.256. The Labute approximate surface area is 116 Å². The first kappa shape index (κ1) is 14.7. The minimum absolute atomic E-state index is 0.169. The Hall–Kier alpha value is -1.68. The Bertz CT molecular complexity index is 560. The predicted octanol–water partition coefficient (Wildman–Crippen LogP) is -1.17. The molecule has 3 amide bonds. The Morgan fingerprint density at radius 1 is 1.35 bits per heavy atom. The number of hydrogen-bond donors (Lipinski definition) is 1. The minimum Gasteiger partial charge on any atom is -0.347 e. The average molecular weight is 304 g/mol. The van der Waals surface area contributed by atoms with Crippen LogP contribution in [0.15, 0.2) is 4.99 Å². The summed E-state index contributed by atoms with van der Waals surface area (Å²) in [6.07, 6.45) is 1.03. The number of rotatable bonds is 4. The van der Waals surface area contributed by atoms with E-state index < -0.39 is 28.4 Å². The van der Waals surface area contributed by atoms with Crippen LogP contribution < -0.4 is 0 Å². The Morgan fingerprint density at radius 3 is 2.60 bits per heavy atom. The van der Waals surface area contributed by atoms with Crippen LogP contribution in [0.2, 0.25) is 0 Å². The zero-order valence-electron chi connectivity index (χ0n) is 11.1. The molecule has 112 valence electrons. The number of fused-ring (bicyclic) bond motifs is 1. The molecular weight excluding hydrogens is 288 g/mol. The molecule has 2 aliphatic rings. The molecule has 0 saturated carbocycles. The second-order valence-electron chi connectivity index (χ2n) is 4.79. The zero-order valence-corrected chi connectivity index (χ0v) is 11.9. The van der Waals surface area contributed by atoms with Crippen molar-refractivity contribution in [2.75, 3.05) is 26.4 Å². The fraction of sp³-hybridized carbons (Fsp3) is 0.700. The SMILES string of the molecule is CN1C(=O)C2C(N=CN2CCCS(=O)(=O)O)N(C)C1=O. The summed E-state index contributed by atoms with van der Waals surface area (Å²) in [6, 6.07) is -1.06. The lowest BCUT2D eigenvalue weighted by Crippen LogP contribution is -2.63. The van der Waals surface area contributed by atoms with Crippen LogP contribution in [0.1, 0.15) is 6.42 Å². The van der Waals surface area contributed by atoms with Gasteiger partial charge in [-0.05, 0) is 6.42 Å². The van der Waals surface area contributed by atoms with E-state index in [9.17, 15) is 18.0 Å². The lowest BCUT2D eigenvalue weighted by Gasteiger charge is -2.39. The molecule has 0 bridgehead atoms. The van der Waals surface area contributed by atoms with Gasteiger partial charge in [0.2, 0.25) is 0 Å². The fourth-order valence-corrected chi connectivity index (χ4v) is 2.82. The Morgan fingerprint density at radius 2 is 2.00 bits per heavy atom. The highest BCUT2D eigenvalue weighted by molar-refractivity contribution is 7.85. The molecule has 9 nitrogen and oxygen atoms in total. The van der Waals surface area contributed by atoms with E-state index in [0.29, 0.717) is 0 Å². The first-order valence-electron chi connectivity index (χ1n) is 6.01. The monoisotopic (exact) mass is 304 g/mol. The van der Waals surface area contributed by atoms with Crippen molar-refractivity contribution in [3.8, 4) is 0 Å². The van der Waals surface area contributed by atoms with Crippen molar-refractivity contribution in [2.24, 2.45) is 4.99 Å². The third-order valence-electron chi connectivity index (χ3n) is 3.40. The topological polar surface area (TPSA) is 111 Å². The molecule has 1 N–H and O–H groups in total. The maximum absolute atomic E-state index is 12.1. The van der Waals surface area contributed by atoms with Crippen molar-refractivity contribution in [1.29, 1.82) is 0 Å². The molecular formula is C10H16N4O5S. The number of nitrogens with zero attached hydrogens (tertiary/aromatic N) is 4. The maximum Gasteiger partial charge on any atom is 0.328 e. The molecule has 2 unspecified atom stereocenters. The van der Waals surface area contributed by atoms with E-state index in [1.54, 1.807) is 11.9 Å². The lowest BCUT2D eigenvalue weighted by atomic mass is 10.1. The van der Waals surface area contributed by atoms with Gasteiger partial charge in [-0.25, -0.2) is 9.79 Å². The first-order chi connectivity index (χ1) is 9.22. The summed E-state index contributed by atoms with van der Waals surface area (Å²) in [5.41, 5.74) is 0. The van der Waals surface area contributed by atoms with Crippen LogP contribution in [0.5, 0.6) is 0 Å². The molecule has 0 aromatic heterocycles. The van der Waals surface area contributed by atoms with Crippen LogP contribution in [0.4, 0.5) is 4.79 Å². The zero-order chi connectivity index (χ0) is 15.1. The summed E-state index contributed by atoms with van der Waals surface area (Å²) < 4.78 is 30.0. The number of carbonyl (C=O) groups excluding carboxylic acids is 2. The third kappa shape index (κ3) is 2.61. The summed E-state index contributed by atoms with van der Waals surface area (Å²) in [4.78, 5) is 32.0. The predicted molar refractivity (Wildman–Crippen MR) is 69.7 cm³/mol. The number of imide groups is 1. The quantitative estimate of drug-likeness (QED) is 0.655. The molecule has 0 aliphatic carbocycles. The molecule has 0 spiro atoms. The largest absolute Gasteiger partial charge is 0.347 e. The van der Waals surface area contributed by atoms with E-state index in [4.69, 9.17) is 4.55 Å². The normalized spacial score (nSPS) is 26.4. The fourth-order valence-electron chi connectivity index (χ4n) is 2.33. The number of carbonyl (C=O) groups is 2. The van der Waals surface area contributed by atoms with E-state index in [1.165, 1.54) is 18.3 Å². The molecule has 2 atom stereocenters. The van der Waals surface area contributed by atoms with Crippen molar-refractivity contribution in [3.05, 3.63) is 0 Å². The van der Waals surface area contributed by atoms with Gasteiger partial charge in [-0.3, -0.25) is 14.2 Å². The van der Waals surface area contributed by atoms with Crippen LogP contribution in [0.25, 0.3) is 0 Å². The number of aliphatic imine (C=N–C) groups is 1. The summed E-state index contributed by atoms with van der Waals surface area (Å²) >= 11 is 0. The van der Waals surface area contributed by atoms with Crippen molar-refractivity contribution < 1.29 is 22.6 Å². The van der Waals surface area contributed by atoms with Crippen molar-refractivity contribution in [3.63, 3.8) is 0 Å². The number of likely N-dealkylation sites (N-methyl/N-ethyl adjacent to an activating group) is 2. The lowest BCUT2D eigenvalue weighted by molar-refractivity contribution is -0.136. The van der Waals surface area contributed by atoms with Crippen LogP contribution >= 0.6 is 0 Å². The van der Waals surface area contributed by atoms with Gasteiger partial charge in [0.15, 0.2) is 12.2 Å². The van der Waals surface area contributed by atoms with Gasteiger partial charge in [-0.15, -0.1) is 0 Å². The Kier molecular flexibility index (Phi) is 3.69. The van der Waals surface area contributed by atoms with Crippen molar-refractivity contribution >= 4 is 28.4 Å². The van der Waals surface area contributed by atoms with E-state index in [0.717, 1.165) is 4.90 Å². The van der Waals surface area contributed by atoms with Crippen LogP contribution in [0, 0.1) is 0 Å². The first-order valence-corrected chi connectivity index (χ1v) is 7.62. The molecule has 2 rings (SSSR count). The smallest absolute Gasteiger partial charge is 0.328 e. The molecule has 2 aliphatic heterocycles. The molecule has 0 radical (unpaired) electrons. The molecule has 0 aromatic rings. The van der Waals surface area contributed by atoms with E-state index >= 15 is 0 Å². The van der Waals surface area contributed by atoms with Crippen LogP contribution in [-0.2, 0) is 14.9 Å². The molecule has 2 heterocycles. The molecule has 10 heteroatoms. The summed E-state index contributed by atoms with van der Waals surface area (Å²) in [5, 5.41) is 0. The van der Waals surface area contributed by atoms with Crippen molar-refractivity contribution in [1.82, 2.24) is 14.7 Å². The van der Waals surface area contributed by atoms with Gasteiger partial charge in [0.1, 0.15) is 0 Å². The van der Waals surface area contributed by atoms with E-state index in [1.807, 2.05) is 0 Å². The highest BCUT2D eigenvalue weighted by Gasteiger charge is 2.48. The number of urea groups is 1. The Balaban J connectivity index is 2.06. The maximum atomic E-state index is 12.1. The standard InChI is InChI=1S/C10H16N4O5S/c1-12-8-7(9(15)13(2)10(12)16)14(6-11-8)4-3-5-20(17,18)19/h6-8H,3-5H2,1-2H3,(H,17,18,19). The van der Waals surface area contributed by atoms with Gasteiger partial charge in [-0.2, -0.15) is 8.42 Å². The van der Waals surface area contributed by atoms with Crippen LogP contribution in [-0.4, -0.2) is 84.5 Å².